The minimum Gasteiger partial charge on any atom is -0.493 e. The number of carbonyl (C=O) groups excluding carboxylic acids is 2. The largest absolute Gasteiger partial charge is 0.493 e. The predicted molar refractivity (Wildman–Crippen MR) is 112 cm³/mol. The minimum atomic E-state index is -0.687. The predicted octanol–water partition coefficient (Wildman–Crippen LogP) is 3.01. The summed E-state index contributed by atoms with van der Waals surface area (Å²) in [5.74, 6) is 0.0544. The van der Waals surface area contributed by atoms with Crippen LogP contribution in [0.5, 0.6) is 11.5 Å². The van der Waals surface area contributed by atoms with Crippen LogP contribution in [0.2, 0.25) is 0 Å². The van der Waals surface area contributed by atoms with E-state index < -0.39 is 11.3 Å². The number of nitrogens with one attached hydrogen (secondary N) is 1. The number of hydrogen-bond acceptors (Lipinski definition) is 5. The first-order valence-corrected chi connectivity index (χ1v) is 9.98. The Morgan fingerprint density at radius 3 is 2.45 bits per heavy atom. The summed E-state index contributed by atoms with van der Waals surface area (Å²) in [4.78, 5) is 24.4. The number of benzene rings is 2. The van der Waals surface area contributed by atoms with Crippen molar-refractivity contribution in [3.63, 3.8) is 0 Å². The number of primary amides is 1. The van der Waals surface area contributed by atoms with Gasteiger partial charge in [-0.15, -0.1) is 0 Å². The molecule has 2 aromatic rings. The smallest absolute Gasteiger partial charge is 0.255 e. The average molecular weight is 463 g/mol. The van der Waals surface area contributed by atoms with Gasteiger partial charge in [0.2, 0.25) is 5.91 Å². The van der Waals surface area contributed by atoms with E-state index in [2.05, 4.69) is 21.2 Å². The maximum Gasteiger partial charge on any atom is 0.255 e. The second-order valence-corrected chi connectivity index (χ2v) is 7.69. The Kier molecular flexibility index (Phi) is 6.76. The van der Waals surface area contributed by atoms with Crippen molar-refractivity contribution >= 4 is 33.4 Å². The zero-order valence-corrected chi connectivity index (χ0v) is 17.7. The highest BCUT2D eigenvalue weighted by atomic mass is 79.9. The fourth-order valence-corrected chi connectivity index (χ4v) is 3.67. The van der Waals surface area contributed by atoms with Crippen molar-refractivity contribution in [1.82, 2.24) is 0 Å². The van der Waals surface area contributed by atoms with Crippen LogP contribution in [0.25, 0.3) is 0 Å². The fraction of sp³-hybridized carbons (Fsp3) is 0.333. The average Bonchev–Trinajstić information content (AvgIpc) is 2.73. The molecule has 1 saturated heterocycles. The van der Waals surface area contributed by atoms with Crippen molar-refractivity contribution < 1.29 is 23.8 Å². The Hall–Kier alpha value is -2.58. The molecule has 29 heavy (non-hydrogen) atoms. The summed E-state index contributed by atoms with van der Waals surface area (Å²) < 4.78 is 17.1. The molecule has 0 spiro atoms. The van der Waals surface area contributed by atoms with Gasteiger partial charge in [0.05, 0.1) is 12.5 Å². The Labute approximate surface area is 177 Å². The minimum absolute atomic E-state index is 0.117. The Morgan fingerprint density at radius 1 is 1.14 bits per heavy atom. The van der Waals surface area contributed by atoms with Gasteiger partial charge in [0.25, 0.3) is 5.91 Å². The van der Waals surface area contributed by atoms with Crippen molar-refractivity contribution in [2.45, 2.75) is 18.3 Å². The second kappa shape index (κ2) is 9.28. The molecule has 1 aliphatic heterocycles. The van der Waals surface area contributed by atoms with Crippen LogP contribution < -0.4 is 20.5 Å². The summed E-state index contributed by atoms with van der Waals surface area (Å²) in [5.41, 5.74) is 5.95. The van der Waals surface area contributed by atoms with Gasteiger partial charge < -0.3 is 25.3 Å². The van der Waals surface area contributed by atoms with E-state index in [-0.39, 0.29) is 12.5 Å². The highest BCUT2D eigenvalue weighted by Gasteiger charge is 2.41. The van der Waals surface area contributed by atoms with Crippen LogP contribution in [-0.2, 0) is 19.7 Å². The Morgan fingerprint density at radius 2 is 1.83 bits per heavy atom. The standard InChI is InChI=1S/C21H23BrN2O5/c1-27-17-7-6-16(12-18(17)29-13-19(23)25)24-20(26)21(8-10-28-11-9-21)14-2-4-15(22)5-3-14/h2-7,12H,8-11,13H2,1H3,(H2,23,25)(H,24,26). The summed E-state index contributed by atoms with van der Waals surface area (Å²) >= 11 is 3.44. The van der Waals surface area contributed by atoms with Gasteiger partial charge in [0.1, 0.15) is 0 Å². The van der Waals surface area contributed by atoms with Crippen LogP contribution in [0, 0.1) is 0 Å². The van der Waals surface area contributed by atoms with Crippen LogP contribution in [0.4, 0.5) is 5.69 Å². The molecule has 2 amide bonds. The maximum absolute atomic E-state index is 13.4. The molecular weight excluding hydrogens is 440 g/mol. The lowest BCUT2D eigenvalue weighted by Gasteiger charge is -2.36. The summed E-state index contributed by atoms with van der Waals surface area (Å²) in [6.45, 7) is 0.742. The topological polar surface area (TPSA) is 99.9 Å². The highest BCUT2D eigenvalue weighted by molar-refractivity contribution is 9.10. The third-order valence-corrected chi connectivity index (χ3v) is 5.50. The molecule has 8 heteroatoms. The van der Waals surface area contributed by atoms with Crippen LogP contribution in [-0.4, -0.2) is 38.7 Å². The molecule has 0 radical (unpaired) electrons. The van der Waals surface area contributed by atoms with E-state index in [0.29, 0.717) is 43.2 Å². The molecule has 3 N–H and O–H groups in total. The van der Waals surface area contributed by atoms with E-state index in [9.17, 15) is 9.59 Å². The molecule has 0 atom stereocenters. The molecule has 0 aliphatic carbocycles. The normalized spacial score (nSPS) is 15.4. The van der Waals surface area contributed by atoms with Gasteiger partial charge >= 0.3 is 0 Å². The monoisotopic (exact) mass is 462 g/mol. The van der Waals surface area contributed by atoms with Crippen LogP contribution in [0.15, 0.2) is 46.9 Å². The summed E-state index contributed by atoms with van der Waals surface area (Å²) in [6.07, 6.45) is 1.17. The quantitative estimate of drug-likeness (QED) is 0.658. The number of anilines is 1. The molecule has 154 valence electrons. The van der Waals surface area contributed by atoms with Crippen LogP contribution in [0.1, 0.15) is 18.4 Å². The number of nitrogens with two attached hydrogens (primary N) is 1. The molecule has 0 saturated carbocycles. The first-order valence-electron chi connectivity index (χ1n) is 9.19. The van der Waals surface area contributed by atoms with Gasteiger partial charge in [0.15, 0.2) is 18.1 Å². The van der Waals surface area contributed by atoms with Gasteiger partial charge in [-0.3, -0.25) is 9.59 Å². The van der Waals surface area contributed by atoms with E-state index in [1.807, 2.05) is 24.3 Å². The van der Waals surface area contributed by atoms with E-state index in [4.69, 9.17) is 19.9 Å². The number of rotatable bonds is 7. The number of methoxy groups -OCH3 is 1. The molecule has 0 aromatic heterocycles. The molecule has 1 heterocycles. The first kappa shape index (κ1) is 21.1. The summed E-state index contributed by atoms with van der Waals surface area (Å²) in [5, 5.41) is 2.99. The third-order valence-electron chi connectivity index (χ3n) is 4.97. The number of ether oxygens (including phenoxy) is 3. The third kappa shape index (κ3) is 4.89. The lowest BCUT2D eigenvalue weighted by molar-refractivity contribution is -0.125. The van der Waals surface area contributed by atoms with Gasteiger partial charge in [0, 0.05) is 29.4 Å². The van der Waals surface area contributed by atoms with E-state index in [0.717, 1.165) is 10.0 Å². The Balaban J connectivity index is 1.87. The van der Waals surface area contributed by atoms with E-state index >= 15 is 0 Å². The molecule has 0 unspecified atom stereocenters. The van der Waals surface area contributed by atoms with Crippen molar-refractivity contribution in [2.24, 2.45) is 5.73 Å². The van der Waals surface area contributed by atoms with Crippen molar-refractivity contribution in [1.29, 1.82) is 0 Å². The van der Waals surface area contributed by atoms with Gasteiger partial charge in [-0.2, -0.15) is 0 Å². The summed E-state index contributed by atoms with van der Waals surface area (Å²) in [6, 6.07) is 12.8. The molecule has 1 aliphatic rings. The number of amides is 2. The van der Waals surface area contributed by atoms with E-state index in [1.54, 1.807) is 18.2 Å². The van der Waals surface area contributed by atoms with Gasteiger partial charge in [-0.1, -0.05) is 28.1 Å². The first-order chi connectivity index (χ1) is 13.9. The number of halogens is 1. The molecule has 7 nitrogen and oxygen atoms in total. The van der Waals surface area contributed by atoms with Crippen LogP contribution in [0.3, 0.4) is 0 Å². The highest BCUT2D eigenvalue weighted by Crippen LogP contribution is 2.37. The second-order valence-electron chi connectivity index (χ2n) is 6.78. The number of carbonyl (C=O) groups is 2. The van der Waals surface area contributed by atoms with Crippen molar-refractivity contribution in [3.8, 4) is 11.5 Å². The molecular formula is C21H23BrN2O5. The Bertz CT molecular complexity index is 879. The fourth-order valence-electron chi connectivity index (χ4n) is 3.40. The summed E-state index contributed by atoms with van der Waals surface area (Å²) in [7, 11) is 1.50. The SMILES string of the molecule is COc1ccc(NC(=O)C2(c3ccc(Br)cc3)CCOCC2)cc1OCC(N)=O. The van der Waals surface area contributed by atoms with Gasteiger partial charge in [-0.25, -0.2) is 0 Å². The molecule has 0 bridgehead atoms. The van der Waals surface area contributed by atoms with E-state index in [1.165, 1.54) is 7.11 Å². The molecule has 2 aromatic carbocycles. The van der Waals surface area contributed by atoms with Gasteiger partial charge in [-0.05, 0) is 42.7 Å². The molecule has 1 fully saturated rings. The molecule has 3 rings (SSSR count). The van der Waals surface area contributed by atoms with Crippen molar-refractivity contribution in [3.05, 3.63) is 52.5 Å². The lowest BCUT2D eigenvalue weighted by atomic mass is 9.73. The zero-order valence-electron chi connectivity index (χ0n) is 16.1. The lowest BCUT2D eigenvalue weighted by Crippen LogP contribution is -2.44. The zero-order chi connectivity index (χ0) is 20.9. The maximum atomic E-state index is 13.4. The van der Waals surface area contributed by atoms with Crippen LogP contribution >= 0.6 is 15.9 Å². The van der Waals surface area contributed by atoms with Crippen molar-refractivity contribution in [2.75, 3.05) is 32.2 Å². The number of hydrogen-bond donors (Lipinski definition) is 2.